The highest BCUT2D eigenvalue weighted by atomic mass is 16.7. The van der Waals surface area contributed by atoms with Gasteiger partial charge in [-0.05, 0) is 67.9 Å². The van der Waals surface area contributed by atoms with E-state index < -0.39 is 64.9 Å². The molecular weight excluding hydrogens is 777 g/mol. The highest BCUT2D eigenvalue weighted by molar-refractivity contribution is 6.02. The Hall–Kier alpha value is -5.34. The Morgan fingerprint density at radius 2 is 1.72 bits per heavy atom. The van der Waals surface area contributed by atoms with Gasteiger partial charge in [-0.25, -0.2) is 4.98 Å². The molecule has 2 aromatic rings. The summed E-state index contributed by atoms with van der Waals surface area (Å²) in [5.41, 5.74) is -0.157. The molecule has 0 bridgehead atoms. The molecule has 2 saturated carbocycles. The summed E-state index contributed by atoms with van der Waals surface area (Å²) in [5, 5.41) is 16.7. The molecule has 1 spiro atoms. The summed E-state index contributed by atoms with van der Waals surface area (Å²) >= 11 is 0. The van der Waals surface area contributed by atoms with Gasteiger partial charge in [0.2, 0.25) is 17.7 Å². The number of rotatable bonds is 16. The molecule has 6 atom stereocenters. The first-order chi connectivity index (χ1) is 29.3. The van der Waals surface area contributed by atoms with Crippen LogP contribution in [0.4, 0.5) is 0 Å². The highest BCUT2D eigenvalue weighted by Crippen LogP contribution is 2.40. The van der Waals surface area contributed by atoms with Crippen molar-refractivity contribution < 1.29 is 33.5 Å². The number of hydrogen-bond acceptors (Lipinski definition) is 10. The van der Waals surface area contributed by atoms with Gasteiger partial charge in [0.15, 0.2) is 11.7 Å². The van der Waals surface area contributed by atoms with Crippen LogP contribution >= 0.6 is 0 Å². The van der Waals surface area contributed by atoms with Gasteiger partial charge >= 0.3 is 0 Å². The number of carbonyl (C=O) groups is 5. The molecule has 1 unspecified atom stereocenters. The van der Waals surface area contributed by atoms with E-state index in [1.165, 1.54) is 23.5 Å². The quantitative estimate of drug-likeness (QED) is 0.183. The molecule has 5 amide bonds. The number of carbonyl (C=O) groups excluding carboxylic acids is 5. The summed E-state index contributed by atoms with van der Waals surface area (Å²) in [5.74, 6) is -1.58. The van der Waals surface area contributed by atoms with Gasteiger partial charge in [-0.1, -0.05) is 88.9 Å². The summed E-state index contributed by atoms with van der Waals surface area (Å²) in [6.45, 7) is 7.62. The SMILES string of the molecule is CCC[C@H](NC(=O)[C@@H]1C[C@]2(CC(c3ccccc3)=NO2)CN1C(=O)[C@@H](NC(=O)[C@@H](NC(=O)c1cnccn1)C1CCCCC1)C(C)(C)C)C(OC1=CCCC1)C(=O)NC1CC1. The van der Waals surface area contributed by atoms with Gasteiger partial charge in [0.25, 0.3) is 11.8 Å². The molecule has 5 aliphatic rings. The summed E-state index contributed by atoms with van der Waals surface area (Å²) in [6.07, 6.45) is 15.6. The largest absolute Gasteiger partial charge is 0.483 e. The molecule has 7 rings (SSSR count). The lowest BCUT2D eigenvalue weighted by Gasteiger charge is -2.38. The average molecular weight is 839 g/mol. The number of oxime groups is 1. The van der Waals surface area contributed by atoms with Crippen molar-refractivity contribution in [3.05, 3.63) is 72.0 Å². The monoisotopic (exact) mass is 838 g/mol. The van der Waals surface area contributed by atoms with Crippen LogP contribution in [0.5, 0.6) is 0 Å². The van der Waals surface area contributed by atoms with Crippen LogP contribution < -0.4 is 21.3 Å². The summed E-state index contributed by atoms with van der Waals surface area (Å²) < 4.78 is 6.39. The van der Waals surface area contributed by atoms with E-state index in [2.05, 4.69) is 36.4 Å². The fourth-order valence-electron chi connectivity index (χ4n) is 9.09. The Kier molecular flexibility index (Phi) is 13.7. The molecule has 4 N–H and O–H groups in total. The van der Waals surface area contributed by atoms with Crippen LogP contribution in [0.3, 0.4) is 0 Å². The molecule has 3 heterocycles. The lowest BCUT2D eigenvalue weighted by molar-refractivity contribution is -0.145. The first kappa shape index (κ1) is 43.7. The van der Waals surface area contributed by atoms with Crippen LogP contribution in [0.2, 0.25) is 0 Å². The standard InChI is InChI=1S/C46H62N8O7/c1-5-14-33(38(43(58)49-31-21-22-31)60-32-19-12-13-20-32)50-41(56)36-26-46(25-34(53-61-46)29-15-8-6-9-16-29)28-54(36)44(59)39(45(2,3)4)52-42(57)37(30-17-10-7-11-18-30)51-40(55)35-27-47-23-24-48-35/h6,8-9,15-16,19,23-24,27,30-31,33,36-39H,5,7,10-14,17-18,20-22,25-26,28H2,1-4H3,(H,49,58)(H,50,56)(H,51,55)(H,52,57)/t33-,36-,37-,38?,39+,46+/m0/s1. The molecular formula is C46H62N8O7. The van der Waals surface area contributed by atoms with Crippen LogP contribution in [0, 0.1) is 11.3 Å². The Labute approximate surface area is 358 Å². The predicted molar refractivity (Wildman–Crippen MR) is 228 cm³/mol. The number of amides is 5. The molecule has 2 aliphatic heterocycles. The lowest BCUT2D eigenvalue weighted by atomic mass is 9.82. The summed E-state index contributed by atoms with van der Waals surface area (Å²) in [7, 11) is 0. The normalized spacial score (nSPS) is 23.5. The second kappa shape index (κ2) is 19.1. The predicted octanol–water partition coefficient (Wildman–Crippen LogP) is 4.87. The van der Waals surface area contributed by atoms with E-state index in [0.29, 0.717) is 25.0 Å². The molecule has 1 aromatic carbocycles. The molecule has 328 valence electrons. The van der Waals surface area contributed by atoms with Crippen LogP contribution in [0.25, 0.3) is 0 Å². The van der Waals surface area contributed by atoms with Crippen LogP contribution in [-0.2, 0) is 28.8 Å². The first-order valence-corrected chi connectivity index (χ1v) is 22.3. The van der Waals surface area contributed by atoms with Crippen molar-refractivity contribution in [2.45, 2.75) is 160 Å². The van der Waals surface area contributed by atoms with E-state index in [4.69, 9.17) is 9.57 Å². The average Bonchev–Trinajstić information content (AvgIpc) is 3.58. The van der Waals surface area contributed by atoms with Crippen molar-refractivity contribution in [2.24, 2.45) is 16.5 Å². The van der Waals surface area contributed by atoms with Crippen LogP contribution in [0.1, 0.15) is 134 Å². The number of ether oxygens (including phenoxy) is 1. The minimum atomic E-state index is -1.10. The zero-order chi connectivity index (χ0) is 43.1. The minimum Gasteiger partial charge on any atom is -0.483 e. The maximum absolute atomic E-state index is 15.2. The van der Waals surface area contributed by atoms with Gasteiger partial charge in [0.1, 0.15) is 23.8 Å². The van der Waals surface area contributed by atoms with Gasteiger partial charge < -0.3 is 35.7 Å². The Balaban J connectivity index is 1.17. The summed E-state index contributed by atoms with van der Waals surface area (Å²) in [4.78, 5) is 87.7. The maximum atomic E-state index is 15.2. The second-order valence-corrected chi connectivity index (χ2v) is 18.6. The van der Waals surface area contributed by atoms with Gasteiger partial charge in [-0.3, -0.25) is 29.0 Å². The molecule has 0 radical (unpaired) electrons. The van der Waals surface area contributed by atoms with E-state index in [9.17, 15) is 19.2 Å². The third kappa shape index (κ3) is 10.8. The topological polar surface area (TPSA) is 193 Å². The van der Waals surface area contributed by atoms with Crippen molar-refractivity contribution in [3.63, 3.8) is 0 Å². The zero-order valence-electron chi connectivity index (χ0n) is 36.0. The van der Waals surface area contributed by atoms with Crippen molar-refractivity contribution >= 4 is 35.2 Å². The lowest BCUT2D eigenvalue weighted by Crippen LogP contribution is -2.62. The van der Waals surface area contributed by atoms with Crippen molar-refractivity contribution in [2.75, 3.05) is 6.54 Å². The maximum Gasteiger partial charge on any atom is 0.272 e. The van der Waals surface area contributed by atoms with E-state index in [1.54, 1.807) is 0 Å². The fraction of sp³-hybridized carbons (Fsp3) is 0.609. The number of benzene rings is 1. The number of likely N-dealkylation sites (tertiary alicyclic amines) is 1. The number of aromatic nitrogens is 2. The minimum absolute atomic E-state index is 0.0368. The Morgan fingerprint density at radius 3 is 2.38 bits per heavy atom. The number of nitrogens with one attached hydrogen (secondary N) is 4. The van der Waals surface area contributed by atoms with Gasteiger partial charge in [-0.15, -0.1) is 0 Å². The molecule has 1 saturated heterocycles. The molecule has 1 aromatic heterocycles. The molecule has 3 aliphatic carbocycles. The molecule has 61 heavy (non-hydrogen) atoms. The Morgan fingerprint density at radius 1 is 0.951 bits per heavy atom. The zero-order valence-corrected chi connectivity index (χ0v) is 36.0. The van der Waals surface area contributed by atoms with Gasteiger partial charge in [0, 0.05) is 37.7 Å². The van der Waals surface area contributed by atoms with Crippen molar-refractivity contribution in [1.29, 1.82) is 0 Å². The smallest absolute Gasteiger partial charge is 0.272 e. The van der Waals surface area contributed by atoms with E-state index in [1.807, 2.05) is 64.1 Å². The fourth-order valence-corrected chi connectivity index (χ4v) is 9.09. The van der Waals surface area contributed by atoms with Gasteiger partial charge in [-0.2, -0.15) is 0 Å². The first-order valence-electron chi connectivity index (χ1n) is 22.3. The third-order valence-electron chi connectivity index (χ3n) is 12.6. The van der Waals surface area contributed by atoms with E-state index in [-0.39, 0.29) is 36.5 Å². The second-order valence-electron chi connectivity index (χ2n) is 18.6. The number of allylic oxidation sites excluding steroid dienone is 2. The van der Waals surface area contributed by atoms with Gasteiger partial charge in [0.05, 0.1) is 30.3 Å². The number of nitrogens with zero attached hydrogens (tertiary/aromatic N) is 4. The summed E-state index contributed by atoms with van der Waals surface area (Å²) in [6, 6.07) is 6.02. The number of hydrogen-bond donors (Lipinski definition) is 4. The van der Waals surface area contributed by atoms with E-state index in [0.717, 1.165) is 75.5 Å². The Bertz CT molecular complexity index is 1960. The molecule has 15 nitrogen and oxygen atoms in total. The highest BCUT2D eigenvalue weighted by Gasteiger charge is 2.56. The van der Waals surface area contributed by atoms with Crippen LogP contribution in [0.15, 0.2) is 65.9 Å². The van der Waals surface area contributed by atoms with Crippen LogP contribution in [-0.4, -0.2) is 98.6 Å². The third-order valence-corrected chi connectivity index (χ3v) is 12.6. The van der Waals surface area contributed by atoms with Crippen molar-refractivity contribution in [3.8, 4) is 0 Å². The van der Waals surface area contributed by atoms with Crippen molar-refractivity contribution in [1.82, 2.24) is 36.1 Å². The molecule has 3 fully saturated rings. The molecule has 15 heteroatoms. The van der Waals surface area contributed by atoms with E-state index >= 15 is 4.79 Å².